The first-order chi connectivity index (χ1) is 11.2. The molecule has 0 aliphatic carbocycles. The fourth-order valence-corrected chi connectivity index (χ4v) is 2.45. The highest BCUT2D eigenvalue weighted by Crippen LogP contribution is 2.16. The van der Waals surface area contributed by atoms with Gasteiger partial charge in [-0.2, -0.15) is 0 Å². The van der Waals surface area contributed by atoms with Crippen LogP contribution in [0.5, 0.6) is 0 Å². The molecule has 0 amide bonds. The van der Waals surface area contributed by atoms with Crippen LogP contribution in [-0.4, -0.2) is 21.3 Å². The number of nitrogens with zero attached hydrogens (tertiary/aromatic N) is 3. The van der Waals surface area contributed by atoms with Crippen LogP contribution in [0.25, 0.3) is 5.69 Å². The third-order valence-corrected chi connectivity index (χ3v) is 3.75. The van der Waals surface area contributed by atoms with Crippen molar-refractivity contribution in [2.24, 2.45) is 0 Å². The van der Waals surface area contributed by atoms with Crippen molar-refractivity contribution in [3.63, 3.8) is 0 Å². The summed E-state index contributed by atoms with van der Waals surface area (Å²) in [6, 6.07) is 14.2. The van der Waals surface area contributed by atoms with Gasteiger partial charge in [0, 0.05) is 0 Å². The molecule has 0 aliphatic rings. The van der Waals surface area contributed by atoms with Gasteiger partial charge in [0.25, 0.3) is 0 Å². The quantitative estimate of drug-likeness (QED) is 0.679. The molecule has 3 aromatic rings. The molecule has 1 heterocycles. The fourth-order valence-electron chi connectivity index (χ4n) is 2.45. The van der Waals surface area contributed by atoms with Crippen LogP contribution in [0.15, 0.2) is 48.5 Å². The Kier molecular flexibility index (Phi) is 4.28. The van der Waals surface area contributed by atoms with E-state index in [0.29, 0.717) is 24.1 Å². The molecule has 0 aliphatic heterocycles. The molecule has 0 fully saturated rings. The lowest BCUT2D eigenvalue weighted by Crippen LogP contribution is -2.05. The van der Waals surface area contributed by atoms with Crippen LogP contribution in [0.3, 0.4) is 0 Å². The first-order valence-electron chi connectivity index (χ1n) is 7.38. The zero-order valence-corrected chi connectivity index (χ0v) is 12.7. The third-order valence-electron chi connectivity index (χ3n) is 3.75. The maximum Gasteiger partial charge on any atom is 0.172 e. The molecule has 0 saturated heterocycles. The number of aldehydes is 1. The number of carbonyl (C=O) groups is 1. The van der Waals surface area contributed by atoms with E-state index in [0.717, 1.165) is 12.1 Å². The molecule has 0 saturated carbocycles. The topological polar surface area (TPSA) is 47.8 Å². The van der Waals surface area contributed by atoms with Crippen LogP contribution < -0.4 is 0 Å². The molecule has 4 nitrogen and oxygen atoms in total. The van der Waals surface area contributed by atoms with Crippen LogP contribution in [0.4, 0.5) is 4.39 Å². The Morgan fingerprint density at radius 2 is 1.74 bits per heavy atom. The molecule has 1 aromatic heterocycles. The molecule has 3 rings (SSSR count). The van der Waals surface area contributed by atoms with Crippen LogP contribution in [-0.2, 0) is 12.8 Å². The number of carbonyl (C=O) groups excluding carboxylic acids is 1. The van der Waals surface area contributed by atoms with Gasteiger partial charge in [-0.15, -0.1) is 5.10 Å². The summed E-state index contributed by atoms with van der Waals surface area (Å²) >= 11 is 0. The largest absolute Gasteiger partial charge is 0.296 e. The van der Waals surface area contributed by atoms with Gasteiger partial charge in [0.1, 0.15) is 11.5 Å². The fraction of sp³-hybridized carbons (Fsp3) is 0.167. The maximum absolute atomic E-state index is 13.1. The predicted octanol–water partition coefficient (Wildman–Crippen LogP) is 3.31. The van der Waals surface area contributed by atoms with E-state index >= 15 is 0 Å². The Labute approximate surface area is 133 Å². The summed E-state index contributed by atoms with van der Waals surface area (Å²) < 4.78 is 14.7. The molecule has 0 bridgehead atoms. The van der Waals surface area contributed by atoms with Gasteiger partial charge in [-0.25, -0.2) is 9.07 Å². The summed E-state index contributed by atoms with van der Waals surface area (Å²) in [6.07, 6.45) is 2.11. The number of hydrogen-bond donors (Lipinski definition) is 0. The summed E-state index contributed by atoms with van der Waals surface area (Å²) in [7, 11) is 0. The van der Waals surface area contributed by atoms with Gasteiger partial charge >= 0.3 is 0 Å². The van der Waals surface area contributed by atoms with Gasteiger partial charge in [-0.05, 0) is 49.6 Å². The van der Waals surface area contributed by atoms with Crippen molar-refractivity contribution in [3.05, 3.63) is 76.9 Å². The zero-order chi connectivity index (χ0) is 16.2. The van der Waals surface area contributed by atoms with E-state index in [1.54, 1.807) is 16.8 Å². The molecule has 5 heteroatoms. The van der Waals surface area contributed by atoms with E-state index in [9.17, 15) is 9.18 Å². The minimum atomic E-state index is -0.314. The lowest BCUT2D eigenvalue weighted by molar-refractivity contribution is 0.111. The standard InChI is InChI=1S/C18H16FN3O/c1-13-2-4-14(5-3-13)6-11-18-17(12-23)20-21-22(18)16-9-7-15(19)8-10-16/h2-5,7-10,12H,6,11H2,1H3. The van der Waals surface area contributed by atoms with E-state index in [-0.39, 0.29) is 5.82 Å². The van der Waals surface area contributed by atoms with E-state index in [1.807, 2.05) is 6.92 Å². The Bertz CT molecular complexity index is 807. The van der Waals surface area contributed by atoms with E-state index in [2.05, 4.69) is 34.6 Å². The van der Waals surface area contributed by atoms with Crippen molar-refractivity contribution >= 4 is 6.29 Å². The van der Waals surface area contributed by atoms with E-state index in [1.165, 1.54) is 23.3 Å². The number of aromatic nitrogens is 3. The SMILES string of the molecule is Cc1ccc(CCc2c(C=O)nnn2-c2ccc(F)cc2)cc1. The number of rotatable bonds is 5. The van der Waals surface area contributed by atoms with Gasteiger partial charge in [-0.3, -0.25) is 4.79 Å². The second-order valence-corrected chi connectivity index (χ2v) is 5.41. The molecule has 23 heavy (non-hydrogen) atoms. The molecule has 0 spiro atoms. The monoisotopic (exact) mass is 309 g/mol. The van der Waals surface area contributed by atoms with Crippen LogP contribution in [0.2, 0.25) is 0 Å². The van der Waals surface area contributed by atoms with Crippen molar-refractivity contribution in [3.8, 4) is 5.69 Å². The highest BCUT2D eigenvalue weighted by atomic mass is 19.1. The average Bonchev–Trinajstić information content (AvgIpc) is 2.98. The summed E-state index contributed by atoms with van der Waals surface area (Å²) in [4.78, 5) is 11.2. The molecule has 0 unspecified atom stereocenters. The average molecular weight is 309 g/mol. The molecular formula is C18H16FN3O. The smallest absolute Gasteiger partial charge is 0.172 e. The van der Waals surface area contributed by atoms with Crippen molar-refractivity contribution < 1.29 is 9.18 Å². The molecule has 0 radical (unpaired) electrons. The summed E-state index contributed by atoms with van der Waals surface area (Å²) in [5.74, 6) is -0.314. The molecular weight excluding hydrogens is 293 g/mol. The molecule has 0 atom stereocenters. The Hall–Kier alpha value is -2.82. The Morgan fingerprint density at radius 1 is 1.04 bits per heavy atom. The highest BCUT2D eigenvalue weighted by molar-refractivity contribution is 5.73. The Morgan fingerprint density at radius 3 is 2.39 bits per heavy atom. The zero-order valence-electron chi connectivity index (χ0n) is 12.7. The van der Waals surface area contributed by atoms with Crippen LogP contribution in [0, 0.1) is 12.7 Å². The summed E-state index contributed by atoms with van der Waals surface area (Å²) in [5, 5.41) is 7.94. The first-order valence-corrected chi connectivity index (χ1v) is 7.38. The van der Waals surface area contributed by atoms with Gasteiger partial charge in [0.05, 0.1) is 11.4 Å². The number of benzene rings is 2. The lowest BCUT2D eigenvalue weighted by Gasteiger charge is -2.07. The summed E-state index contributed by atoms with van der Waals surface area (Å²) in [5.41, 5.74) is 4.12. The highest BCUT2D eigenvalue weighted by Gasteiger charge is 2.14. The van der Waals surface area contributed by atoms with Crippen LogP contribution in [0.1, 0.15) is 27.3 Å². The Balaban J connectivity index is 1.88. The third kappa shape index (κ3) is 3.34. The second kappa shape index (κ2) is 6.52. The minimum absolute atomic E-state index is 0.314. The van der Waals surface area contributed by atoms with Gasteiger partial charge in [0.2, 0.25) is 0 Å². The van der Waals surface area contributed by atoms with Crippen molar-refractivity contribution in [1.82, 2.24) is 15.0 Å². The van der Waals surface area contributed by atoms with Crippen LogP contribution >= 0.6 is 0 Å². The van der Waals surface area contributed by atoms with Crippen molar-refractivity contribution in [2.75, 3.05) is 0 Å². The molecule has 0 N–H and O–H groups in total. The number of hydrogen-bond acceptors (Lipinski definition) is 3. The minimum Gasteiger partial charge on any atom is -0.296 e. The molecule has 116 valence electrons. The number of halogens is 1. The predicted molar refractivity (Wildman–Crippen MR) is 85.3 cm³/mol. The van der Waals surface area contributed by atoms with Crippen molar-refractivity contribution in [2.45, 2.75) is 19.8 Å². The lowest BCUT2D eigenvalue weighted by atomic mass is 10.1. The van der Waals surface area contributed by atoms with Crippen molar-refractivity contribution in [1.29, 1.82) is 0 Å². The second-order valence-electron chi connectivity index (χ2n) is 5.41. The first kappa shape index (κ1) is 15.1. The van der Waals surface area contributed by atoms with Gasteiger partial charge in [-0.1, -0.05) is 35.0 Å². The maximum atomic E-state index is 13.1. The van der Waals surface area contributed by atoms with E-state index in [4.69, 9.17) is 0 Å². The number of aryl methyl sites for hydroxylation is 2. The van der Waals surface area contributed by atoms with Gasteiger partial charge < -0.3 is 0 Å². The summed E-state index contributed by atoms with van der Waals surface area (Å²) in [6.45, 7) is 2.04. The normalized spacial score (nSPS) is 10.7. The van der Waals surface area contributed by atoms with Gasteiger partial charge in [0.15, 0.2) is 6.29 Å². The molecule has 2 aromatic carbocycles. The van der Waals surface area contributed by atoms with E-state index < -0.39 is 0 Å².